The minimum atomic E-state index is 0.00485. The lowest BCUT2D eigenvalue weighted by molar-refractivity contribution is 0.673. The van der Waals surface area contributed by atoms with Crippen LogP contribution in [-0.2, 0) is 0 Å². The highest BCUT2D eigenvalue weighted by molar-refractivity contribution is 7.00. The van der Waals surface area contributed by atoms with Crippen LogP contribution in [0.4, 0.5) is 34.1 Å². The Hall–Kier alpha value is -11.1. The Morgan fingerprint density at radius 3 is 1.47 bits per heavy atom. The van der Waals surface area contributed by atoms with Gasteiger partial charge in [-0.25, -0.2) is 15.0 Å². The number of para-hydroxylation sites is 6. The van der Waals surface area contributed by atoms with Crippen molar-refractivity contribution in [3.63, 3.8) is 0 Å². The van der Waals surface area contributed by atoms with Gasteiger partial charge in [0, 0.05) is 72.5 Å². The maximum absolute atomic E-state index is 6.81. The fourth-order valence-electron chi connectivity index (χ4n) is 13.2. The monoisotopic (exact) mass is 1060 g/mol. The van der Waals surface area contributed by atoms with Gasteiger partial charge in [-0.2, -0.15) is 0 Å². The van der Waals surface area contributed by atoms with Crippen LogP contribution in [0.25, 0.3) is 106 Å². The first-order valence-corrected chi connectivity index (χ1v) is 28.2. The number of anilines is 6. The van der Waals surface area contributed by atoms with Gasteiger partial charge in [0.1, 0.15) is 11.2 Å². The Morgan fingerprint density at radius 2 is 0.831 bits per heavy atom. The molecule has 3 aromatic heterocycles. The third-order valence-electron chi connectivity index (χ3n) is 16.8. The second-order valence-electron chi connectivity index (χ2n) is 21.5. The first-order chi connectivity index (χ1) is 41.2. The third kappa shape index (κ3) is 7.43. The van der Waals surface area contributed by atoms with E-state index < -0.39 is 0 Å². The number of hydrogen-bond donors (Lipinski definition) is 0. The molecular weight excluding hydrogens is 1010 g/mol. The van der Waals surface area contributed by atoms with Crippen LogP contribution in [-0.4, -0.2) is 26.2 Å². The molecule has 15 aromatic rings. The quantitative estimate of drug-likeness (QED) is 0.141. The second kappa shape index (κ2) is 18.8. The maximum Gasteiger partial charge on any atom is 0.252 e. The Balaban J connectivity index is 0.923. The van der Waals surface area contributed by atoms with Crippen LogP contribution < -0.4 is 26.2 Å². The molecule has 83 heavy (non-hydrogen) atoms. The summed E-state index contributed by atoms with van der Waals surface area (Å²) in [7, 11) is 0. The van der Waals surface area contributed by atoms with Gasteiger partial charge in [0.25, 0.3) is 6.71 Å². The molecule has 0 unspecified atom stereocenters. The van der Waals surface area contributed by atoms with Crippen molar-refractivity contribution in [2.24, 2.45) is 0 Å². The molecule has 17 rings (SSSR count). The normalized spacial score (nSPS) is 12.5. The molecule has 0 fully saturated rings. The van der Waals surface area contributed by atoms with E-state index in [1.54, 1.807) is 0 Å². The van der Waals surface area contributed by atoms with Crippen molar-refractivity contribution in [3.8, 4) is 62.1 Å². The van der Waals surface area contributed by atoms with Gasteiger partial charge >= 0.3 is 0 Å². The Morgan fingerprint density at radius 1 is 0.313 bits per heavy atom. The van der Waals surface area contributed by atoms with E-state index in [1.807, 2.05) is 42.5 Å². The maximum atomic E-state index is 6.81. The van der Waals surface area contributed by atoms with Gasteiger partial charge in [-0.1, -0.05) is 188 Å². The molecule has 0 spiro atoms. The highest BCUT2D eigenvalue weighted by Gasteiger charge is 2.43. The van der Waals surface area contributed by atoms with Gasteiger partial charge in [0.15, 0.2) is 17.5 Å². The molecule has 0 aliphatic carbocycles. The lowest BCUT2D eigenvalue weighted by Gasteiger charge is -2.44. The van der Waals surface area contributed by atoms with E-state index in [2.05, 4.69) is 257 Å². The number of nitrogens with zero attached hydrogens (tertiary/aromatic N) is 6. The summed E-state index contributed by atoms with van der Waals surface area (Å²) in [6, 6.07) is 102. The summed E-state index contributed by atoms with van der Waals surface area (Å²) in [5, 5.41) is 4.38. The Bertz CT molecular complexity index is 4890. The molecule has 2 aliphatic heterocycles. The summed E-state index contributed by atoms with van der Waals surface area (Å²) in [6.45, 7) is 0.00485. The van der Waals surface area contributed by atoms with Gasteiger partial charge in [-0.3, -0.25) is 0 Å². The van der Waals surface area contributed by atoms with E-state index in [0.29, 0.717) is 17.5 Å². The molecule has 0 bridgehead atoms. The average molecular weight is 1060 g/mol. The summed E-state index contributed by atoms with van der Waals surface area (Å²) in [5.41, 5.74) is 22.5. The predicted molar refractivity (Wildman–Crippen MR) is 343 cm³/mol. The molecule has 8 heteroatoms. The number of furan rings is 1. The van der Waals surface area contributed by atoms with Gasteiger partial charge < -0.3 is 18.8 Å². The lowest BCUT2D eigenvalue weighted by Crippen LogP contribution is -2.61. The van der Waals surface area contributed by atoms with Crippen LogP contribution in [0.5, 0.6) is 0 Å². The molecule has 386 valence electrons. The minimum absolute atomic E-state index is 0.00485. The van der Waals surface area contributed by atoms with Crippen LogP contribution in [0.2, 0.25) is 0 Å². The summed E-state index contributed by atoms with van der Waals surface area (Å²) in [5.74, 6) is 1.80. The molecule has 12 aromatic carbocycles. The van der Waals surface area contributed by atoms with E-state index >= 15 is 0 Å². The van der Waals surface area contributed by atoms with Crippen molar-refractivity contribution < 1.29 is 4.42 Å². The van der Waals surface area contributed by atoms with E-state index in [-0.39, 0.29) is 6.71 Å². The van der Waals surface area contributed by atoms with E-state index in [9.17, 15) is 0 Å². The molecule has 0 atom stereocenters. The zero-order valence-electron chi connectivity index (χ0n) is 44.8. The summed E-state index contributed by atoms with van der Waals surface area (Å²) in [6.07, 6.45) is 0. The van der Waals surface area contributed by atoms with Crippen molar-refractivity contribution in [2.75, 3.05) is 9.80 Å². The lowest BCUT2D eigenvalue weighted by atomic mass is 9.33. The highest BCUT2D eigenvalue weighted by Crippen LogP contribution is 2.48. The van der Waals surface area contributed by atoms with Crippen molar-refractivity contribution in [2.45, 2.75) is 0 Å². The second-order valence-corrected chi connectivity index (χ2v) is 21.5. The fourth-order valence-corrected chi connectivity index (χ4v) is 13.2. The van der Waals surface area contributed by atoms with Gasteiger partial charge in [0.2, 0.25) is 0 Å². The van der Waals surface area contributed by atoms with E-state index in [4.69, 9.17) is 19.4 Å². The zero-order valence-corrected chi connectivity index (χ0v) is 44.8. The summed E-state index contributed by atoms with van der Waals surface area (Å²) >= 11 is 0. The molecule has 0 N–H and O–H groups in total. The van der Waals surface area contributed by atoms with E-state index in [1.165, 1.54) is 27.8 Å². The average Bonchev–Trinajstić information content (AvgIpc) is 1.65. The van der Waals surface area contributed by atoms with Gasteiger partial charge in [-0.05, 0) is 130 Å². The summed E-state index contributed by atoms with van der Waals surface area (Å²) in [4.78, 5) is 20.5. The SMILES string of the molecule is c1ccc(-c2nc(-c3ccccc3)nc(-c3ccc(-n4c5ccccc5c5c6oc7ccccc7c6ccc54)c(-c4cccc(-c5cc6c7c(c5)N(c5ccccc5)c5ccccc5B7c5ccccc5N6c5ccccc5)c4)c3)n2)cc1. The minimum Gasteiger partial charge on any atom is -0.455 e. The smallest absolute Gasteiger partial charge is 0.252 e. The van der Waals surface area contributed by atoms with Crippen LogP contribution >= 0.6 is 0 Å². The van der Waals surface area contributed by atoms with Gasteiger partial charge in [-0.15, -0.1) is 0 Å². The Kier molecular flexibility index (Phi) is 10.6. The number of aromatic nitrogens is 4. The van der Waals surface area contributed by atoms with E-state index in [0.717, 1.165) is 111 Å². The van der Waals surface area contributed by atoms with Crippen LogP contribution in [0, 0.1) is 0 Å². The molecule has 0 amide bonds. The largest absolute Gasteiger partial charge is 0.455 e. The highest BCUT2D eigenvalue weighted by atomic mass is 16.3. The van der Waals surface area contributed by atoms with Crippen molar-refractivity contribution in [1.29, 1.82) is 0 Å². The Labute approximate surface area is 479 Å². The number of rotatable bonds is 8. The van der Waals surface area contributed by atoms with Crippen molar-refractivity contribution in [1.82, 2.24) is 19.5 Å². The molecule has 0 radical (unpaired) electrons. The first kappa shape index (κ1) is 46.8. The zero-order chi connectivity index (χ0) is 54.5. The molecule has 7 nitrogen and oxygen atoms in total. The molecule has 2 aliphatic rings. The topological polar surface area (TPSA) is 63.2 Å². The van der Waals surface area contributed by atoms with Crippen LogP contribution in [0.15, 0.2) is 290 Å². The number of benzene rings is 12. The summed E-state index contributed by atoms with van der Waals surface area (Å²) < 4.78 is 9.22. The number of fused-ring (bicyclic) bond motifs is 11. The predicted octanol–water partition coefficient (Wildman–Crippen LogP) is 17.3. The van der Waals surface area contributed by atoms with Crippen LogP contribution in [0.1, 0.15) is 0 Å². The molecular formula is C75H47BN6O. The van der Waals surface area contributed by atoms with Crippen molar-refractivity contribution >= 4 is 101 Å². The van der Waals surface area contributed by atoms with Crippen LogP contribution in [0.3, 0.4) is 0 Å². The van der Waals surface area contributed by atoms with Gasteiger partial charge in [0.05, 0.1) is 22.1 Å². The fraction of sp³-hybridized carbons (Fsp3) is 0. The standard InChI is InChI=1S/C75H47BN6O/c1-5-22-48(23-6-1)73-77-74(49-24-7-2-8-25-49)79-75(78-73)52-40-42-63(82-62-36-17-13-33-58(62)70-66(82)43-41-57-56-32-14-20-39-69(56)83-72(57)70)59(45-52)51-27-21-26-50(44-51)53-46-67-71-68(47-53)81(55-30-11-4-12-31-55)65-38-19-16-35-61(65)76(71)60-34-15-18-37-64(60)80(67)54-28-9-3-10-29-54/h1-47H. The molecule has 0 saturated heterocycles. The molecule has 0 saturated carbocycles. The first-order valence-electron chi connectivity index (χ1n) is 28.2. The number of hydrogen-bond acceptors (Lipinski definition) is 6. The van der Waals surface area contributed by atoms with Crippen molar-refractivity contribution in [3.05, 3.63) is 285 Å². The third-order valence-corrected chi connectivity index (χ3v) is 16.8. The molecule has 5 heterocycles.